The molecule has 0 fully saturated rings. The Morgan fingerprint density at radius 2 is 0.654 bits per heavy atom. The summed E-state index contributed by atoms with van der Waals surface area (Å²) in [5, 5.41) is 0. The molecule has 2 aromatic rings. The van der Waals surface area contributed by atoms with Gasteiger partial charge in [-0.25, -0.2) is 0 Å². The quantitative estimate of drug-likeness (QED) is 0.406. The summed E-state index contributed by atoms with van der Waals surface area (Å²) in [5.74, 6) is 0. The molecule has 0 aromatic heterocycles. The third-order valence-corrected chi connectivity index (χ3v) is 5.62. The van der Waals surface area contributed by atoms with Gasteiger partial charge < -0.3 is 6.92 Å². The minimum Gasteiger partial charge on any atom is -0.338 e. The molecule has 0 saturated heterocycles. The second-order valence-electron chi connectivity index (χ2n) is 8.81. The van der Waals surface area contributed by atoms with Gasteiger partial charge in [-0.15, -0.1) is 0 Å². The summed E-state index contributed by atoms with van der Waals surface area (Å²) < 4.78 is 0. The second-order valence-corrected chi connectivity index (χ2v) is 8.81. The zero-order valence-corrected chi connectivity index (χ0v) is 21.6. The zero-order valence-electron chi connectivity index (χ0n) is 19.8. The van der Waals surface area contributed by atoms with Crippen LogP contribution in [-0.4, -0.2) is 0 Å². The Labute approximate surface area is 183 Å². The van der Waals surface area contributed by atoms with E-state index in [0.717, 1.165) is 0 Å². The topological polar surface area (TPSA) is 0 Å². The van der Waals surface area contributed by atoms with Gasteiger partial charge in [-0.3, -0.25) is 0 Å². The van der Waals surface area contributed by atoms with E-state index in [1.165, 1.54) is 55.6 Å². The fourth-order valence-corrected chi connectivity index (χ4v) is 2.81. The smallest absolute Gasteiger partial charge is 0 e. The Balaban J connectivity index is 0. The maximum atomic E-state index is 3.77. The molecule has 0 saturated carbocycles. The molecular formula is C25H41Sc-3. The van der Waals surface area contributed by atoms with Gasteiger partial charge in [0.15, 0.2) is 0 Å². The van der Waals surface area contributed by atoms with Crippen molar-refractivity contribution in [1.29, 1.82) is 0 Å². The van der Waals surface area contributed by atoms with Gasteiger partial charge in [0.2, 0.25) is 0 Å². The molecule has 0 atom stereocenters. The predicted octanol–water partition coefficient (Wildman–Crippen LogP) is 7.76. The molecule has 1 heteroatoms. The van der Waals surface area contributed by atoms with E-state index >= 15 is 0 Å². The van der Waals surface area contributed by atoms with Crippen LogP contribution in [0.15, 0.2) is 0 Å². The molecule has 0 unspecified atom stereocenters. The number of hydrogen-bond donors (Lipinski definition) is 0. The molecule has 0 aliphatic rings. The maximum absolute atomic E-state index is 3.77. The van der Waals surface area contributed by atoms with Crippen LogP contribution < -0.4 is 0 Å². The van der Waals surface area contributed by atoms with Crippen LogP contribution >= 0.6 is 0 Å². The van der Waals surface area contributed by atoms with Crippen LogP contribution in [0.4, 0.5) is 0 Å². The molecule has 0 bridgehead atoms. The molecule has 1 radical (unpaired) electrons. The minimum absolute atomic E-state index is 0. The molecular weight excluding hydrogens is 345 g/mol. The van der Waals surface area contributed by atoms with Gasteiger partial charge in [0.25, 0.3) is 0 Å². The van der Waals surface area contributed by atoms with Gasteiger partial charge >= 0.3 is 0 Å². The van der Waals surface area contributed by atoms with E-state index in [2.05, 4.69) is 96.9 Å². The van der Waals surface area contributed by atoms with E-state index in [-0.39, 0.29) is 31.3 Å². The third kappa shape index (κ3) is 7.67. The molecule has 0 amide bonds. The average molecular weight is 387 g/mol. The van der Waals surface area contributed by atoms with Gasteiger partial charge in [-0.1, -0.05) is 90.0 Å². The Morgan fingerprint density at radius 3 is 0.692 bits per heavy atom. The van der Waals surface area contributed by atoms with Gasteiger partial charge in [-0.05, 0) is 0 Å². The molecule has 2 aromatic carbocycles. The van der Waals surface area contributed by atoms with E-state index in [1.54, 1.807) is 0 Å². The molecule has 147 valence electrons. The maximum Gasteiger partial charge on any atom is 0 e. The van der Waals surface area contributed by atoms with Crippen molar-refractivity contribution in [3.05, 3.63) is 62.6 Å². The first kappa shape index (κ1) is 27.8. The van der Waals surface area contributed by atoms with Crippen molar-refractivity contribution in [1.82, 2.24) is 0 Å². The van der Waals surface area contributed by atoms with Crippen LogP contribution in [0.2, 0.25) is 0 Å². The van der Waals surface area contributed by atoms with Crippen LogP contribution in [-0.2, 0) is 25.8 Å². The summed E-state index contributed by atoms with van der Waals surface area (Å²) >= 11 is 0. The van der Waals surface area contributed by atoms with Gasteiger partial charge in [0.1, 0.15) is 0 Å². The van der Waals surface area contributed by atoms with Crippen LogP contribution in [0.25, 0.3) is 0 Å². The van der Waals surface area contributed by atoms with E-state index in [4.69, 9.17) is 0 Å². The number of rotatable bonds is 0. The van der Waals surface area contributed by atoms with Gasteiger partial charge in [0, 0.05) is 25.8 Å². The average Bonchev–Trinajstić information content (AvgIpc) is 2.77. The zero-order chi connectivity index (χ0) is 20.3. The summed E-state index contributed by atoms with van der Waals surface area (Å²) in [4.78, 5) is 0. The minimum atomic E-state index is 0. The standard InChI is InChI=1S/2C10H15.C5H11.Sc/c2*1-6-7(2)9(4)10(5)8(6)3;1-5(2,3)4;/h2*1-5H3;1H2,2-4H3;/q3*-1;. The SMILES string of the molecule is Cc1c(C)c(C)[c-](C)c1C.Cc1c(C)c(C)[c-](C)c1C.[CH2-]C(C)(C)C.[Sc]. The van der Waals surface area contributed by atoms with Crippen molar-refractivity contribution in [3.8, 4) is 0 Å². The van der Waals surface area contributed by atoms with E-state index in [9.17, 15) is 0 Å². The van der Waals surface area contributed by atoms with Crippen molar-refractivity contribution >= 4 is 0 Å². The summed E-state index contributed by atoms with van der Waals surface area (Å²) in [6.45, 7) is 32.0. The van der Waals surface area contributed by atoms with E-state index in [0.29, 0.717) is 0 Å². The monoisotopic (exact) mass is 386 g/mol. The molecule has 0 N–H and O–H groups in total. The summed E-state index contributed by atoms with van der Waals surface area (Å²) in [6.07, 6.45) is 0. The van der Waals surface area contributed by atoms with Crippen LogP contribution in [0, 0.1) is 81.6 Å². The van der Waals surface area contributed by atoms with Crippen LogP contribution in [0.1, 0.15) is 76.4 Å². The molecule has 2 rings (SSSR count). The Hall–Kier alpha value is -0.430. The Kier molecular flexibility index (Phi) is 11.5. The summed E-state index contributed by atoms with van der Waals surface area (Å²) in [5.41, 5.74) is 14.9. The first-order valence-corrected chi connectivity index (χ1v) is 9.35. The van der Waals surface area contributed by atoms with Crippen molar-refractivity contribution in [2.24, 2.45) is 5.41 Å². The van der Waals surface area contributed by atoms with E-state index in [1.807, 2.05) is 0 Å². The molecule has 0 aliphatic carbocycles. The first-order chi connectivity index (χ1) is 11.1. The van der Waals surface area contributed by atoms with Gasteiger partial charge in [-0.2, -0.15) is 61.0 Å². The fraction of sp³-hybridized carbons (Fsp3) is 0.560. The second kappa shape index (κ2) is 10.8. The summed E-state index contributed by atoms with van der Waals surface area (Å²) in [6, 6.07) is 0. The first-order valence-electron chi connectivity index (χ1n) is 9.35. The van der Waals surface area contributed by atoms with E-state index < -0.39 is 0 Å². The van der Waals surface area contributed by atoms with Crippen molar-refractivity contribution in [3.63, 3.8) is 0 Å². The molecule has 0 nitrogen and oxygen atoms in total. The van der Waals surface area contributed by atoms with Crippen molar-refractivity contribution in [2.75, 3.05) is 0 Å². The molecule has 26 heavy (non-hydrogen) atoms. The fourth-order valence-electron chi connectivity index (χ4n) is 2.81. The van der Waals surface area contributed by atoms with Crippen molar-refractivity contribution in [2.45, 2.75) is 90.0 Å². The van der Waals surface area contributed by atoms with Crippen LogP contribution in [0.5, 0.6) is 0 Å². The number of hydrogen-bond acceptors (Lipinski definition) is 0. The summed E-state index contributed by atoms with van der Waals surface area (Å²) in [7, 11) is 0. The Morgan fingerprint density at radius 1 is 0.538 bits per heavy atom. The normalized spacial score (nSPS) is 10.4. The van der Waals surface area contributed by atoms with Crippen molar-refractivity contribution < 1.29 is 25.8 Å². The largest absolute Gasteiger partial charge is 0.338 e. The molecule has 0 spiro atoms. The van der Waals surface area contributed by atoms with Crippen LogP contribution in [0.3, 0.4) is 0 Å². The van der Waals surface area contributed by atoms with Gasteiger partial charge in [0.05, 0.1) is 0 Å². The molecule has 0 heterocycles. The predicted molar refractivity (Wildman–Crippen MR) is 116 cm³/mol. The Bertz CT molecular complexity index is 477. The third-order valence-electron chi connectivity index (χ3n) is 5.62. The molecule has 0 aliphatic heterocycles.